The van der Waals surface area contributed by atoms with E-state index < -0.39 is 39.7 Å². The third-order valence-corrected chi connectivity index (χ3v) is 5.59. The van der Waals surface area contributed by atoms with E-state index in [9.17, 15) is 31.2 Å². The summed E-state index contributed by atoms with van der Waals surface area (Å²) in [6, 6.07) is 3.86. The van der Waals surface area contributed by atoms with Gasteiger partial charge in [-0.25, -0.2) is 13.4 Å². The van der Waals surface area contributed by atoms with Crippen molar-refractivity contribution in [3.05, 3.63) is 30.1 Å². The molecule has 1 aliphatic rings. The largest absolute Gasteiger partial charge is 0.392 e. The molecule has 0 spiro atoms. The fraction of sp³-hybridized carbons (Fsp3) is 0.353. The first-order valence-corrected chi connectivity index (χ1v) is 10.7. The Balaban J connectivity index is 1.91. The maximum atomic E-state index is 12.7. The van der Waals surface area contributed by atoms with E-state index in [1.54, 1.807) is 0 Å². The number of carbonyl (C=O) groups is 2. The van der Waals surface area contributed by atoms with Crippen molar-refractivity contribution in [3.63, 3.8) is 0 Å². The van der Waals surface area contributed by atoms with Crippen molar-refractivity contribution in [2.24, 2.45) is 11.8 Å². The average molecular weight is 458 g/mol. The van der Waals surface area contributed by atoms with Crippen LogP contribution < -0.4 is 16.0 Å². The van der Waals surface area contributed by atoms with E-state index in [0.29, 0.717) is 0 Å². The van der Waals surface area contributed by atoms with Gasteiger partial charge in [0, 0.05) is 25.6 Å². The van der Waals surface area contributed by atoms with E-state index >= 15 is 0 Å². The highest BCUT2D eigenvalue weighted by Gasteiger charge is 2.58. The maximum Gasteiger partial charge on any atom is 0.392 e. The number of nitrogens with one attached hydrogen (secondary N) is 3. The number of aromatic nitrogens is 3. The molecule has 2 aromatic rings. The Bertz CT molecular complexity index is 1140. The summed E-state index contributed by atoms with van der Waals surface area (Å²) in [5.41, 5.74) is -0.304. The number of rotatable bonds is 6. The van der Waals surface area contributed by atoms with Gasteiger partial charge in [-0.15, -0.1) is 10.2 Å². The van der Waals surface area contributed by atoms with Crippen LogP contribution in [0, 0.1) is 11.8 Å². The number of anilines is 3. The van der Waals surface area contributed by atoms with Crippen molar-refractivity contribution in [1.82, 2.24) is 20.5 Å². The minimum absolute atomic E-state index is 0.0589. The van der Waals surface area contributed by atoms with Gasteiger partial charge < -0.3 is 16.0 Å². The van der Waals surface area contributed by atoms with Crippen molar-refractivity contribution < 1.29 is 31.2 Å². The van der Waals surface area contributed by atoms with Gasteiger partial charge >= 0.3 is 6.18 Å². The molecule has 1 unspecified atom stereocenters. The summed E-state index contributed by atoms with van der Waals surface area (Å²) in [5.74, 6) is -4.84. The van der Waals surface area contributed by atoms with Crippen LogP contribution in [-0.2, 0) is 14.6 Å². The molecular weight excluding hydrogens is 441 g/mol. The van der Waals surface area contributed by atoms with Crippen LogP contribution in [0.1, 0.15) is 16.9 Å². The summed E-state index contributed by atoms with van der Waals surface area (Å²) in [4.78, 5) is 28.0. The smallest absolute Gasteiger partial charge is 0.354 e. The van der Waals surface area contributed by atoms with Crippen LogP contribution in [0.2, 0.25) is 0 Å². The fourth-order valence-corrected chi connectivity index (χ4v) is 3.59. The molecule has 31 heavy (non-hydrogen) atoms. The Morgan fingerprint density at radius 3 is 2.52 bits per heavy atom. The molecule has 0 saturated heterocycles. The van der Waals surface area contributed by atoms with E-state index in [0.717, 1.165) is 12.3 Å². The molecule has 3 rings (SSSR count). The Kier molecular flexibility index (Phi) is 5.85. The summed E-state index contributed by atoms with van der Waals surface area (Å²) >= 11 is 0. The molecule has 1 saturated carbocycles. The predicted octanol–water partition coefficient (Wildman–Crippen LogP) is 1.52. The van der Waals surface area contributed by atoms with E-state index in [4.69, 9.17) is 0 Å². The Morgan fingerprint density at radius 1 is 1.23 bits per heavy atom. The molecule has 2 heterocycles. The number of carbonyl (C=O) groups excluding carboxylic acids is 2. The lowest BCUT2D eigenvalue weighted by Gasteiger charge is -2.13. The third-order valence-electron chi connectivity index (χ3n) is 4.46. The highest BCUT2D eigenvalue weighted by atomic mass is 32.2. The van der Waals surface area contributed by atoms with Crippen molar-refractivity contribution >= 4 is 39.0 Å². The molecule has 1 aliphatic carbocycles. The van der Waals surface area contributed by atoms with Crippen molar-refractivity contribution in [3.8, 4) is 0 Å². The molecule has 0 aliphatic heterocycles. The van der Waals surface area contributed by atoms with Crippen LogP contribution in [-0.4, -0.2) is 54.9 Å². The Hall–Kier alpha value is -3.29. The molecule has 0 aromatic carbocycles. The molecule has 2 amide bonds. The molecule has 10 nitrogen and oxygen atoms in total. The monoisotopic (exact) mass is 458 g/mol. The lowest BCUT2D eigenvalue weighted by atomic mass is 10.2. The first-order valence-electron chi connectivity index (χ1n) is 8.81. The number of hydrogen-bond acceptors (Lipinski definition) is 8. The zero-order chi connectivity index (χ0) is 23.0. The van der Waals surface area contributed by atoms with Crippen molar-refractivity contribution in [2.45, 2.75) is 17.5 Å². The first-order chi connectivity index (χ1) is 14.4. The second kappa shape index (κ2) is 8.09. The molecule has 0 radical (unpaired) electrons. The SMILES string of the molecule is CNC(=O)c1nnc(NC(=O)C2C[C@@H]2C(F)(F)F)cc1Nc1ncccc1S(C)(=O)=O. The van der Waals surface area contributed by atoms with Gasteiger partial charge in [0.05, 0.1) is 17.5 Å². The minimum Gasteiger partial charge on any atom is -0.354 e. The summed E-state index contributed by atoms with van der Waals surface area (Å²) in [5, 5.41) is 14.6. The van der Waals surface area contributed by atoms with Gasteiger partial charge in [-0.1, -0.05) is 0 Å². The number of hydrogen-bond donors (Lipinski definition) is 3. The second-order valence-corrected chi connectivity index (χ2v) is 8.78. The Labute approximate surface area is 174 Å². The number of alkyl halides is 3. The van der Waals surface area contributed by atoms with Crippen LogP contribution in [0.25, 0.3) is 0 Å². The van der Waals surface area contributed by atoms with E-state index in [1.807, 2.05) is 0 Å². The first kappa shape index (κ1) is 22.4. The molecule has 14 heteroatoms. The highest BCUT2D eigenvalue weighted by molar-refractivity contribution is 7.90. The number of amides is 2. The third kappa shape index (κ3) is 5.07. The Morgan fingerprint density at radius 2 is 1.94 bits per heavy atom. The summed E-state index contributed by atoms with van der Waals surface area (Å²) in [6.07, 6.45) is -2.50. The van der Waals surface area contributed by atoms with Gasteiger partial charge in [0.25, 0.3) is 5.91 Å². The van der Waals surface area contributed by atoms with Crippen LogP contribution in [0.4, 0.5) is 30.5 Å². The number of nitrogens with zero attached hydrogens (tertiary/aromatic N) is 3. The molecule has 2 atom stereocenters. The number of halogens is 3. The van der Waals surface area contributed by atoms with E-state index in [1.165, 1.54) is 25.4 Å². The van der Waals surface area contributed by atoms with Gasteiger partial charge in [0.2, 0.25) is 5.91 Å². The van der Waals surface area contributed by atoms with Gasteiger partial charge in [-0.3, -0.25) is 9.59 Å². The number of pyridine rings is 1. The fourth-order valence-electron chi connectivity index (χ4n) is 2.81. The highest BCUT2D eigenvalue weighted by Crippen LogP contribution is 2.50. The zero-order valence-corrected chi connectivity index (χ0v) is 17.0. The zero-order valence-electron chi connectivity index (χ0n) is 16.2. The van der Waals surface area contributed by atoms with E-state index in [2.05, 4.69) is 31.1 Å². The van der Waals surface area contributed by atoms with Crippen LogP contribution in [0.3, 0.4) is 0 Å². The molecule has 166 valence electrons. The molecule has 1 fully saturated rings. The van der Waals surface area contributed by atoms with Crippen LogP contribution >= 0.6 is 0 Å². The average Bonchev–Trinajstić information content (AvgIpc) is 3.49. The summed E-state index contributed by atoms with van der Waals surface area (Å²) in [7, 11) is -2.35. The maximum absolute atomic E-state index is 12.7. The molecular formula is C17H17F3N6O4S. The second-order valence-electron chi connectivity index (χ2n) is 6.80. The van der Waals surface area contributed by atoms with Crippen molar-refractivity contribution in [2.75, 3.05) is 23.9 Å². The van der Waals surface area contributed by atoms with Gasteiger partial charge in [-0.2, -0.15) is 13.2 Å². The standard InChI is InChI=1S/C17H17F3N6O4S/c1-21-16(28)13-10(23-14-11(31(2,29)30)4-3-5-22-14)7-12(25-26-13)24-15(27)8-6-9(8)17(18,19)20/h3-5,7-9H,6H2,1-2H3,(H,21,28)(H2,22,23,24,25,27)/t8?,9-/m0/s1. The topological polar surface area (TPSA) is 143 Å². The summed E-state index contributed by atoms with van der Waals surface area (Å²) in [6.45, 7) is 0. The van der Waals surface area contributed by atoms with Crippen molar-refractivity contribution in [1.29, 1.82) is 0 Å². The molecule has 3 N–H and O–H groups in total. The molecule has 0 bridgehead atoms. The quantitative estimate of drug-likeness (QED) is 0.591. The van der Waals surface area contributed by atoms with Gasteiger partial charge in [0.1, 0.15) is 10.7 Å². The minimum atomic E-state index is -4.47. The van der Waals surface area contributed by atoms with Crippen LogP contribution in [0.5, 0.6) is 0 Å². The van der Waals surface area contributed by atoms with Gasteiger partial charge in [0.15, 0.2) is 21.3 Å². The normalized spacial score (nSPS) is 18.2. The predicted molar refractivity (Wildman–Crippen MR) is 102 cm³/mol. The van der Waals surface area contributed by atoms with Crippen LogP contribution in [0.15, 0.2) is 29.3 Å². The number of sulfone groups is 1. The lowest BCUT2D eigenvalue weighted by Crippen LogP contribution is -2.23. The summed E-state index contributed by atoms with van der Waals surface area (Å²) < 4.78 is 62.1. The lowest BCUT2D eigenvalue weighted by molar-refractivity contribution is -0.153. The molecule has 2 aromatic heterocycles. The van der Waals surface area contributed by atoms with Gasteiger partial charge in [-0.05, 0) is 18.6 Å². The van der Waals surface area contributed by atoms with E-state index in [-0.39, 0.29) is 34.3 Å².